The Bertz CT molecular complexity index is 602. The molecule has 0 aliphatic carbocycles. The molecule has 0 saturated heterocycles. The molecule has 0 atom stereocenters. The maximum atomic E-state index is 5.05. The minimum Gasteiger partial charge on any atom is -0.385 e. The van der Waals surface area contributed by atoms with Crippen molar-refractivity contribution >= 4 is 0 Å². The highest BCUT2D eigenvalue weighted by atomic mass is 16.5. The summed E-state index contributed by atoms with van der Waals surface area (Å²) >= 11 is 0. The Morgan fingerprint density at radius 1 is 0.400 bits per heavy atom. The Hall–Kier alpha value is -0.240. The van der Waals surface area contributed by atoms with Gasteiger partial charge in [0.05, 0.1) is 0 Å². The van der Waals surface area contributed by atoms with Crippen molar-refractivity contribution in [2.75, 3.05) is 80.4 Å². The molecule has 0 unspecified atom stereocenters. The highest BCUT2D eigenvalue weighted by Crippen LogP contribution is 2.15. The van der Waals surface area contributed by atoms with Gasteiger partial charge >= 0.3 is 0 Å². The van der Waals surface area contributed by atoms with Gasteiger partial charge in [-0.15, -0.1) is 0 Å². The second kappa shape index (κ2) is 41.5. The first-order valence-electron chi connectivity index (χ1n) is 21.6. The van der Waals surface area contributed by atoms with Crippen LogP contribution in [0.5, 0.6) is 0 Å². The van der Waals surface area contributed by atoms with E-state index in [1.54, 1.807) is 21.3 Å². The van der Waals surface area contributed by atoms with Gasteiger partial charge in [-0.1, -0.05) is 117 Å². The van der Waals surface area contributed by atoms with Crippen molar-refractivity contribution in [2.45, 2.75) is 208 Å². The van der Waals surface area contributed by atoms with Crippen LogP contribution in [-0.4, -0.2) is 101 Å². The Morgan fingerprint density at radius 2 is 0.720 bits per heavy atom. The summed E-state index contributed by atoms with van der Waals surface area (Å²) in [5, 5.41) is 3.52. The molecule has 6 nitrogen and oxygen atoms in total. The summed E-state index contributed by atoms with van der Waals surface area (Å²) in [5.41, 5.74) is 0.606. The predicted octanol–water partition coefficient (Wildman–Crippen LogP) is 11.9. The minimum absolute atomic E-state index is 0.278. The summed E-state index contributed by atoms with van der Waals surface area (Å²) in [5.74, 6) is 0. The predicted molar refractivity (Wildman–Crippen MR) is 225 cm³/mol. The lowest BCUT2D eigenvalue weighted by Gasteiger charge is -2.34. The lowest BCUT2D eigenvalue weighted by Crippen LogP contribution is -2.41. The Labute approximate surface area is 317 Å². The molecular weight excluding hydrogens is 619 g/mol. The standard InChI is InChI=1S/C16H35NO.2C14H31NO/c1-6-17(16(2,3)4)14-12-10-8-7-9-11-13-15-18-5;1-14(2,3)15-12-10-8-6-5-7-9-11-13-16-4;1-4-15(5-2)13-11-9-7-6-8-10-12-14-16-3/h6-15H2,1-5H3;15H,5-13H2,1-4H3;4-14H2,1-3H3. The average molecular weight is 716 g/mol. The first-order chi connectivity index (χ1) is 23.9. The van der Waals surface area contributed by atoms with E-state index in [1.165, 1.54) is 168 Å². The molecule has 0 spiro atoms. The van der Waals surface area contributed by atoms with Crippen molar-refractivity contribution in [3.63, 3.8) is 0 Å². The van der Waals surface area contributed by atoms with E-state index in [0.29, 0.717) is 5.54 Å². The minimum atomic E-state index is 0.278. The van der Waals surface area contributed by atoms with E-state index in [2.05, 4.69) is 77.4 Å². The van der Waals surface area contributed by atoms with Crippen LogP contribution < -0.4 is 5.32 Å². The van der Waals surface area contributed by atoms with Gasteiger partial charge in [0.2, 0.25) is 0 Å². The summed E-state index contributed by atoms with van der Waals surface area (Å²) < 4.78 is 15.1. The molecule has 0 aliphatic rings. The zero-order chi connectivity index (χ0) is 38.2. The molecule has 0 radical (unpaired) electrons. The molecule has 0 fully saturated rings. The topological polar surface area (TPSA) is 46.2 Å². The summed E-state index contributed by atoms with van der Waals surface area (Å²) in [6.07, 6.45) is 28.4. The van der Waals surface area contributed by atoms with Crippen LogP contribution in [0.15, 0.2) is 0 Å². The summed E-state index contributed by atoms with van der Waals surface area (Å²) in [7, 11) is 5.35. The Morgan fingerprint density at radius 3 is 1.02 bits per heavy atom. The molecule has 0 aromatic carbocycles. The van der Waals surface area contributed by atoms with Crippen LogP contribution in [0.4, 0.5) is 0 Å². The first kappa shape index (κ1) is 54.1. The van der Waals surface area contributed by atoms with E-state index in [1.807, 2.05) is 0 Å². The molecule has 0 aliphatic heterocycles. The van der Waals surface area contributed by atoms with E-state index in [4.69, 9.17) is 14.2 Å². The van der Waals surface area contributed by atoms with Crippen LogP contribution in [0.2, 0.25) is 0 Å². The molecule has 0 amide bonds. The average Bonchev–Trinajstić information content (AvgIpc) is 3.07. The van der Waals surface area contributed by atoms with E-state index >= 15 is 0 Å². The fraction of sp³-hybridized carbons (Fsp3) is 1.00. The van der Waals surface area contributed by atoms with Crippen LogP contribution in [0.1, 0.15) is 197 Å². The van der Waals surface area contributed by atoms with Crippen molar-refractivity contribution in [3.8, 4) is 0 Å². The van der Waals surface area contributed by atoms with Crippen molar-refractivity contribution in [3.05, 3.63) is 0 Å². The summed E-state index contributed by atoms with van der Waals surface area (Å²) in [6.45, 7) is 30.4. The summed E-state index contributed by atoms with van der Waals surface area (Å²) in [6, 6.07) is 0. The second-order valence-electron chi connectivity index (χ2n) is 16.4. The van der Waals surface area contributed by atoms with Gasteiger partial charge in [-0.2, -0.15) is 0 Å². The van der Waals surface area contributed by atoms with Gasteiger partial charge in [0.15, 0.2) is 0 Å². The zero-order valence-corrected chi connectivity index (χ0v) is 36.8. The van der Waals surface area contributed by atoms with Gasteiger partial charge in [-0.3, -0.25) is 4.90 Å². The van der Waals surface area contributed by atoms with Crippen LogP contribution in [-0.2, 0) is 14.2 Å². The van der Waals surface area contributed by atoms with Crippen LogP contribution in [0.3, 0.4) is 0 Å². The van der Waals surface area contributed by atoms with E-state index in [0.717, 1.165) is 26.4 Å². The number of unbranched alkanes of at least 4 members (excludes halogenated alkanes) is 18. The first-order valence-corrected chi connectivity index (χ1v) is 21.6. The lowest BCUT2D eigenvalue weighted by molar-refractivity contribution is 0.141. The number of nitrogens with one attached hydrogen (secondary N) is 1. The van der Waals surface area contributed by atoms with Crippen LogP contribution in [0.25, 0.3) is 0 Å². The van der Waals surface area contributed by atoms with E-state index in [9.17, 15) is 0 Å². The maximum Gasteiger partial charge on any atom is 0.0462 e. The molecule has 306 valence electrons. The maximum absolute atomic E-state index is 5.05. The molecule has 0 bridgehead atoms. The van der Waals surface area contributed by atoms with Crippen molar-refractivity contribution in [1.82, 2.24) is 15.1 Å². The molecule has 0 saturated carbocycles. The molecule has 0 aromatic rings. The van der Waals surface area contributed by atoms with Gasteiger partial charge < -0.3 is 24.4 Å². The Kier molecular flexibility index (Phi) is 44.9. The van der Waals surface area contributed by atoms with E-state index < -0.39 is 0 Å². The number of ether oxygens (including phenoxy) is 3. The van der Waals surface area contributed by atoms with Gasteiger partial charge in [-0.05, 0) is 119 Å². The number of methoxy groups -OCH3 is 3. The number of hydrogen-bond donors (Lipinski definition) is 1. The third-order valence-electron chi connectivity index (χ3n) is 9.50. The van der Waals surface area contributed by atoms with Gasteiger partial charge in [0.1, 0.15) is 0 Å². The van der Waals surface area contributed by atoms with Crippen LogP contribution in [0, 0.1) is 0 Å². The molecule has 0 aromatic heterocycles. The Balaban J connectivity index is -0.000000664. The molecule has 6 heteroatoms. The third-order valence-corrected chi connectivity index (χ3v) is 9.50. The third kappa shape index (κ3) is 47.8. The highest BCUT2D eigenvalue weighted by molar-refractivity contribution is 4.74. The van der Waals surface area contributed by atoms with E-state index in [-0.39, 0.29) is 5.54 Å². The largest absolute Gasteiger partial charge is 0.385 e. The lowest BCUT2D eigenvalue weighted by atomic mass is 10.0. The van der Waals surface area contributed by atoms with Gasteiger partial charge in [0, 0.05) is 52.2 Å². The molecule has 1 N–H and O–H groups in total. The second-order valence-corrected chi connectivity index (χ2v) is 16.4. The SMILES string of the molecule is CCN(CC)CCCCCCCCCOC.CCN(CCCCCCCCCOC)C(C)(C)C.COCCCCCCCCCNC(C)(C)C. The van der Waals surface area contributed by atoms with Gasteiger partial charge in [0.25, 0.3) is 0 Å². The fourth-order valence-electron chi connectivity index (χ4n) is 6.13. The number of nitrogens with zero attached hydrogens (tertiary/aromatic N) is 2. The van der Waals surface area contributed by atoms with Gasteiger partial charge in [-0.25, -0.2) is 0 Å². The summed E-state index contributed by atoms with van der Waals surface area (Å²) in [4.78, 5) is 5.09. The molecule has 0 rings (SSSR count). The smallest absolute Gasteiger partial charge is 0.0462 e. The number of hydrogen-bond acceptors (Lipinski definition) is 6. The molecule has 50 heavy (non-hydrogen) atoms. The van der Waals surface area contributed by atoms with Crippen molar-refractivity contribution < 1.29 is 14.2 Å². The monoisotopic (exact) mass is 716 g/mol. The molecule has 0 heterocycles. The zero-order valence-electron chi connectivity index (χ0n) is 36.8. The number of rotatable bonds is 33. The normalized spacial score (nSPS) is 11.9. The molecular formula is C44H97N3O3. The highest BCUT2D eigenvalue weighted by Gasteiger charge is 2.18. The van der Waals surface area contributed by atoms with Crippen LogP contribution >= 0.6 is 0 Å². The quantitative estimate of drug-likeness (QED) is 0.0683. The van der Waals surface area contributed by atoms with Crippen molar-refractivity contribution in [2.24, 2.45) is 0 Å². The fourth-order valence-corrected chi connectivity index (χ4v) is 6.13. The van der Waals surface area contributed by atoms with Crippen molar-refractivity contribution in [1.29, 1.82) is 0 Å².